The Labute approximate surface area is 182 Å². The number of rotatable bonds is 5. The maximum Gasteiger partial charge on any atom is 0.415 e. The maximum absolute atomic E-state index is 14.5. The molecular weight excluding hydrogens is 455 g/mol. The fraction of sp³-hybridized carbons (Fsp3) is 0.364. The number of hydrogen-bond donors (Lipinski definition) is 1. The summed E-state index contributed by atoms with van der Waals surface area (Å²) in [4.78, 5) is 28.1. The minimum absolute atomic E-state index is 0.00553. The van der Waals surface area contributed by atoms with E-state index in [-0.39, 0.29) is 23.9 Å². The first kappa shape index (κ1) is 20.8. The molecule has 0 spiro atoms. The van der Waals surface area contributed by atoms with Gasteiger partial charge in [0, 0.05) is 11.0 Å². The summed E-state index contributed by atoms with van der Waals surface area (Å²) in [6.07, 6.45) is 1.14. The van der Waals surface area contributed by atoms with Crippen molar-refractivity contribution in [1.82, 2.24) is 4.90 Å². The van der Waals surface area contributed by atoms with Gasteiger partial charge in [-0.15, -0.1) is 0 Å². The van der Waals surface area contributed by atoms with Gasteiger partial charge in [-0.05, 0) is 77.6 Å². The average Bonchev–Trinajstić information content (AvgIpc) is 2.74. The molecule has 158 valence electrons. The largest absolute Gasteiger partial charge is 0.478 e. The van der Waals surface area contributed by atoms with Crippen LogP contribution >= 0.6 is 15.9 Å². The Bertz CT molecular complexity index is 962. The molecule has 0 aliphatic carbocycles. The zero-order chi connectivity index (χ0) is 21.3. The third-order valence-electron chi connectivity index (χ3n) is 5.81. The highest BCUT2D eigenvalue weighted by atomic mass is 79.9. The normalized spacial score (nSPS) is 22.5. The van der Waals surface area contributed by atoms with Gasteiger partial charge in [-0.1, -0.05) is 18.2 Å². The lowest BCUT2D eigenvalue weighted by Crippen LogP contribution is -2.53. The second-order valence-electron chi connectivity index (χ2n) is 7.72. The van der Waals surface area contributed by atoms with Crippen molar-refractivity contribution in [2.45, 2.75) is 25.5 Å². The van der Waals surface area contributed by atoms with Gasteiger partial charge in [-0.3, -0.25) is 9.80 Å². The maximum atomic E-state index is 14.5. The summed E-state index contributed by atoms with van der Waals surface area (Å²) in [6.45, 7) is 2.73. The predicted octanol–water partition coefficient (Wildman–Crippen LogP) is 4.52. The topological polar surface area (TPSA) is 70.1 Å². The van der Waals surface area contributed by atoms with Crippen LogP contribution < -0.4 is 4.90 Å². The van der Waals surface area contributed by atoms with Crippen LogP contribution in [0, 0.1) is 11.7 Å². The number of piperidine rings is 3. The van der Waals surface area contributed by atoms with Gasteiger partial charge in [0.1, 0.15) is 11.9 Å². The number of amides is 1. The molecule has 3 aliphatic heterocycles. The van der Waals surface area contributed by atoms with E-state index in [2.05, 4.69) is 20.8 Å². The summed E-state index contributed by atoms with van der Waals surface area (Å²) in [6, 6.07) is 10.8. The molecule has 8 heteroatoms. The summed E-state index contributed by atoms with van der Waals surface area (Å²) >= 11 is 3.22. The van der Waals surface area contributed by atoms with Crippen LogP contribution in [-0.2, 0) is 11.3 Å². The average molecular weight is 477 g/mol. The lowest BCUT2D eigenvalue weighted by atomic mass is 9.86. The zero-order valence-electron chi connectivity index (χ0n) is 16.3. The van der Waals surface area contributed by atoms with Crippen molar-refractivity contribution in [2.24, 2.45) is 5.92 Å². The van der Waals surface area contributed by atoms with Crippen LogP contribution in [-0.4, -0.2) is 47.8 Å². The van der Waals surface area contributed by atoms with E-state index < -0.39 is 17.9 Å². The lowest BCUT2D eigenvalue weighted by Gasteiger charge is -2.44. The van der Waals surface area contributed by atoms with Crippen LogP contribution in [0.4, 0.5) is 14.9 Å². The number of carbonyl (C=O) groups is 2. The van der Waals surface area contributed by atoms with E-state index in [9.17, 15) is 19.1 Å². The third kappa shape index (κ3) is 4.34. The Hall–Kier alpha value is -2.45. The second kappa shape index (κ2) is 8.73. The van der Waals surface area contributed by atoms with Crippen molar-refractivity contribution in [3.05, 3.63) is 63.9 Å². The van der Waals surface area contributed by atoms with Gasteiger partial charge in [-0.2, -0.15) is 0 Å². The van der Waals surface area contributed by atoms with Crippen molar-refractivity contribution < 1.29 is 23.8 Å². The van der Waals surface area contributed by atoms with Gasteiger partial charge in [-0.25, -0.2) is 14.0 Å². The summed E-state index contributed by atoms with van der Waals surface area (Å²) in [5, 5.41) is 9.37. The standard InChI is InChI=1S/C22H22BrFN2O4/c23-17-6-5-14(11-16(17)21(27)28)12-26(19-4-2-1-3-18(19)24)22(29)30-20-13-25-9-7-15(20)8-10-25/h1-6,11,15,20H,7-10,12-13H2,(H,27,28)/t20-/m0/s1. The summed E-state index contributed by atoms with van der Waals surface area (Å²) in [7, 11) is 0. The van der Waals surface area contributed by atoms with Crippen LogP contribution in [0.15, 0.2) is 46.9 Å². The van der Waals surface area contributed by atoms with Crippen molar-refractivity contribution in [3.8, 4) is 0 Å². The van der Waals surface area contributed by atoms with E-state index in [0.717, 1.165) is 25.9 Å². The fourth-order valence-corrected chi connectivity index (χ4v) is 4.59. The Morgan fingerprint density at radius 3 is 2.57 bits per heavy atom. The highest BCUT2D eigenvalue weighted by Crippen LogP contribution is 2.31. The number of halogens is 2. The van der Waals surface area contributed by atoms with Crippen molar-refractivity contribution >= 4 is 33.7 Å². The molecule has 2 bridgehead atoms. The number of para-hydroxylation sites is 1. The molecule has 6 nitrogen and oxygen atoms in total. The zero-order valence-corrected chi connectivity index (χ0v) is 17.8. The number of ether oxygens (including phenoxy) is 1. The molecule has 3 saturated heterocycles. The minimum atomic E-state index is -1.09. The Morgan fingerprint density at radius 2 is 1.93 bits per heavy atom. The van der Waals surface area contributed by atoms with Gasteiger partial charge in [0.15, 0.2) is 0 Å². The highest BCUT2D eigenvalue weighted by Gasteiger charge is 2.37. The van der Waals surface area contributed by atoms with Crippen LogP contribution in [0.5, 0.6) is 0 Å². The SMILES string of the molecule is O=C(O)c1cc(CN(C(=O)O[C@H]2CN3CCC2CC3)c2ccccc2F)ccc1Br. The number of hydrogen-bond acceptors (Lipinski definition) is 4. The number of fused-ring (bicyclic) bond motifs is 3. The first-order valence-corrected chi connectivity index (χ1v) is 10.7. The number of carbonyl (C=O) groups excluding carboxylic acids is 1. The molecule has 0 aromatic heterocycles. The molecule has 3 heterocycles. The number of carboxylic acids is 1. The Balaban J connectivity index is 1.60. The van der Waals surface area contributed by atoms with Crippen LogP contribution in [0.1, 0.15) is 28.8 Å². The molecule has 5 rings (SSSR count). The number of benzene rings is 2. The third-order valence-corrected chi connectivity index (χ3v) is 6.51. The summed E-state index contributed by atoms with van der Waals surface area (Å²) in [5.74, 6) is -1.30. The fourth-order valence-electron chi connectivity index (χ4n) is 4.17. The van der Waals surface area contributed by atoms with E-state index in [1.165, 1.54) is 23.1 Å². The van der Waals surface area contributed by atoms with E-state index >= 15 is 0 Å². The van der Waals surface area contributed by atoms with Crippen LogP contribution in [0.25, 0.3) is 0 Å². The van der Waals surface area contributed by atoms with Crippen LogP contribution in [0.3, 0.4) is 0 Å². The number of nitrogens with zero attached hydrogens (tertiary/aromatic N) is 2. The molecule has 0 unspecified atom stereocenters. The number of aromatic carboxylic acids is 1. The van der Waals surface area contributed by atoms with E-state index in [0.29, 0.717) is 22.5 Å². The summed E-state index contributed by atoms with van der Waals surface area (Å²) in [5.41, 5.74) is 0.736. The van der Waals surface area contributed by atoms with Gasteiger partial charge in [0.2, 0.25) is 0 Å². The molecule has 0 saturated carbocycles. The number of anilines is 1. The Morgan fingerprint density at radius 1 is 1.20 bits per heavy atom. The molecule has 1 N–H and O–H groups in total. The summed E-state index contributed by atoms with van der Waals surface area (Å²) < 4.78 is 20.8. The van der Waals surface area contributed by atoms with E-state index in [1.807, 2.05) is 0 Å². The highest BCUT2D eigenvalue weighted by molar-refractivity contribution is 9.10. The molecule has 3 aliphatic rings. The van der Waals surface area contributed by atoms with Gasteiger partial charge in [0.05, 0.1) is 17.8 Å². The van der Waals surface area contributed by atoms with Crippen molar-refractivity contribution in [2.75, 3.05) is 24.5 Å². The molecular formula is C22H22BrFN2O4. The van der Waals surface area contributed by atoms with Crippen molar-refractivity contribution in [1.29, 1.82) is 0 Å². The molecule has 2 aromatic carbocycles. The van der Waals surface area contributed by atoms with Crippen molar-refractivity contribution in [3.63, 3.8) is 0 Å². The quantitative estimate of drug-likeness (QED) is 0.686. The lowest BCUT2D eigenvalue weighted by molar-refractivity contribution is -0.0311. The minimum Gasteiger partial charge on any atom is -0.478 e. The molecule has 1 atom stereocenters. The molecule has 0 radical (unpaired) electrons. The number of carboxylic acid groups (broad SMARTS) is 1. The Kier molecular flexibility index (Phi) is 6.06. The van der Waals surface area contributed by atoms with Gasteiger partial charge in [0.25, 0.3) is 0 Å². The van der Waals surface area contributed by atoms with E-state index in [1.54, 1.807) is 24.3 Å². The molecule has 1 amide bonds. The van der Waals surface area contributed by atoms with E-state index in [4.69, 9.17) is 4.74 Å². The first-order valence-electron chi connectivity index (χ1n) is 9.89. The van der Waals surface area contributed by atoms with Gasteiger partial charge >= 0.3 is 12.1 Å². The first-order chi connectivity index (χ1) is 14.4. The smallest absolute Gasteiger partial charge is 0.415 e. The monoisotopic (exact) mass is 476 g/mol. The second-order valence-corrected chi connectivity index (χ2v) is 8.57. The van der Waals surface area contributed by atoms with Gasteiger partial charge < -0.3 is 9.84 Å². The molecule has 3 fully saturated rings. The molecule has 2 aromatic rings. The molecule has 30 heavy (non-hydrogen) atoms. The predicted molar refractivity (Wildman–Crippen MR) is 113 cm³/mol. The van der Waals surface area contributed by atoms with Crippen LogP contribution in [0.2, 0.25) is 0 Å².